The Morgan fingerprint density at radius 3 is 1.11 bits per heavy atom. The van der Waals surface area contributed by atoms with E-state index in [4.69, 9.17) is 60.5 Å². The molecule has 1 aromatic heterocycles. The van der Waals surface area contributed by atoms with Gasteiger partial charge in [0.2, 0.25) is 11.9 Å². The number of rotatable bonds is 11. The highest BCUT2D eigenvalue weighted by molar-refractivity contribution is 6.84. The average Bonchev–Trinajstić information content (AvgIpc) is 0.947. The Morgan fingerprint density at radius 2 is 0.723 bits per heavy atom. The summed E-state index contributed by atoms with van der Waals surface area (Å²) in [5.74, 6) is 2.06. The highest BCUT2D eigenvalue weighted by Crippen LogP contribution is 2.40. The van der Waals surface area contributed by atoms with E-state index in [1.165, 1.54) is 96.1 Å². The van der Waals surface area contributed by atoms with Crippen LogP contribution in [0.2, 0.25) is 32.2 Å². The van der Waals surface area contributed by atoms with E-state index in [2.05, 4.69) is 181 Å². The third-order valence-electron chi connectivity index (χ3n) is 17.2. The van der Waals surface area contributed by atoms with Crippen molar-refractivity contribution in [3.05, 3.63) is 308 Å². The van der Waals surface area contributed by atoms with Gasteiger partial charge in [0.15, 0.2) is 16.6 Å². The Hall–Kier alpha value is -11.1. The molecule has 0 atom stereocenters. The van der Waals surface area contributed by atoms with E-state index in [-0.39, 0.29) is 60.3 Å². The molecule has 0 unspecified atom stereocenters. The molecule has 12 aromatic rings. The second-order valence-corrected chi connectivity index (χ2v) is 36.9. The number of hydrogen-bond donors (Lipinski definition) is 10. The number of halogens is 3. The monoisotopic (exact) mass is 1560 g/mol. The molecular formula is C93H131F3N12O2Si2. The number of anilines is 8. The van der Waals surface area contributed by atoms with Crippen molar-refractivity contribution in [2.75, 3.05) is 52.0 Å². The van der Waals surface area contributed by atoms with Crippen LogP contribution in [0.1, 0.15) is 122 Å². The van der Waals surface area contributed by atoms with Crippen LogP contribution in [0.15, 0.2) is 231 Å². The Balaban J connectivity index is 0.00000127. The largest absolute Gasteiger partial charge is 0.457 e. The molecule has 0 aliphatic heterocycles. The van der Waals surface area contributed by atoms with Gasteiger partial charge in [-0.05, 0) is 290 Å². The van der Waals surface area contributed by atoms with Crippen molar-refractivity contribution in [3.8, 4) is 44.9 Å². The number of hydrogen-bond acceptors (Lipinski definition) is 13. The Morgan fingerprint density at radius 1 is 0.366 bits per heavy atom. The summed E-state index contributed by atoms with van der Waals surface area (Å²) in [6.45, 7) is 33.7. The fourth-order valence-electron chi connectivity index (χ4n) is 10.6. The Labute approximate surface area is 672 Å². The Bertz CT molecular complexity index is 4400. The number of nitrogens with zero attached hydrogens (tertiary/aromatic N) is 2. The zero-order chi connectivity index (χ0) is 79.3. The maximum absolute atomic E-state index is 13.1. The van der Waals surface area contributed by atoms with Crippen molar-refractivity contribution in [2.24, 2.45) is 5.73 Å². The summed E-state index contributed by atoms with van der Waals surface area (Å²) < 4.78 is 50.9. The van der Waals surface area contributed by atoms with Crippen molar-refractivity contribution >= 4 is 62.7 Å². The summed E-state index contributed by atoms with van der Waals surface area (Å²) in [5, 5.41) is 5.79. The van der Waals surface area contributed by atoms with Crippen LogP contribution in [-0.4, -0.2) is 38.0 Å². The fraction of sp³-hybridized carbons (Fsp3) is 0.269. The number of aromatic nitrogens is 3. The maximum atomic E-state index is 13.1. The summed E-state index contributed by atoms with van der Waals surface area (Å²) in [5.41, 5.74) is 74.6. The molecular weight excluding hydrogens is 1430 g/mol. The van der Waals surface area contributed by atoms with Crippen LogP contribution in [0.4, 0.5) is 59.2 Å². The molecule has 0 saturated carbocycles. The van der Waals surface area contributed by atoms with E-state index in [0.717, 1.165) is 75.3 Å². The van der Waals surface area contributed by atoms with E-state index >= 15 is 0 Å². The summed E-state index contributed by atoms with van der Waals surface area (Å²) in [4.78, 5) is 3.50. The van der Waals surface area contributed by atoms with Crippen LogP contribution in [0.25, 0.3) is 33.4 Å². The molecule has 112 heavy (non-hydrogen) atoms. The molecule has 0 fully saturated rings. The van der Waals surface area contributed by atoms with E-state index in [9.17, 15) is 13.2 Å². The molecule has 1 heterocycles. The second-order valence-electron chi connectivity index (χ2n) is 27.9. The van der Waals surface area contributed by atoms with Crippen molar-refractivity contribution in [1.29, 1.82) is 0 Å². The number of alkyl halides is 3. The summed E-state index contributed by atoms with van der Waals surface area (Å²) in [6.07, 6.45) is -2.70. The minimum atomic E-state index is -4.41. The van der Waals surface area contributed by atoms with Gasteiger partial charge in [-0.25, -0.2) is 5.10 Å². The lowest BCUT2D eigenvalue weighted by molar-refractivity contribution is -0.137. The van der Waals surface area contributed by atoms with Crippen LogP contribution in [-0.2, 0) is 16.7 Å². The smallest absolute Gasteiger partial charge is 0.417 e. The van der Waals surface area contributed by atoms with Crippen LogP contribution < -0.4 is 56.3 Å². The Kier molecular flexibility index (Phi) is 43.1. The number of aryl methyl sites for hydroxylation is 11. The van der Waals surface area contributed by atoms with E-state index < -0.39 is 28.4 Å². The van der Waals surface area contributed by atoms with E-state index in [0.29, 0.717) is 5.56 Å². The van der Waals surface area contributed by atoms with Crippen molar-refractivity contribution in [2.45, 2.75) is 165 Å². The van der Waals surface area contributed by atoms with Gasteiger partial charge in [-0.15, -0.1) is 5.10 Å². The quantitative estimate of drug-likeness (QED) is 0.0426. The number of nitrogen functional groups attached to an aromatic ring is 8. The maximum Gasteiger partial charge on any atom is 0.417 e. The van der Waals surface area contributed by atoms with Gasteiger partial charge in [-0.3, -0.25) is 0 Å². The molecule has 0 saturated heterocycles. The first-order valence-electron chi connectivity index (χ1n) is 35.4. The molecule has 0 radical (unpaired) electrons. The van der Waals surface area contributed by atoms with E-state index in [1.54, 1.807) is 19.1 Å². The van der Waals surface area contributed by atoms with Gasteiger partial charge >= 0.3 is 6.18 Å². The fourth-order valence-corrected chi connectivity index (χ4v) is 17.5. The first kappa shape index (κ1) is 101. The zero-order valence-electron chi connectivity index (χ0n) is 65.1. The molecule has 19 heteroatoms. The van der Waals surface area contributed by atoms with E-state index in [1.807, 2.05) is 137 Å². The zero-order valence-corrected chi connectivity index (χ0v) is 67.1. The first-order valence-corrected chi connectivity index (χ1v) is 41.6. The lowest BCUT2D eigenvalue weighted by Crippen LogP contribution is -2.49. The minimum absolute atomic E-state index is 0. The van der Waals surface area contributed by atoms with Crippen LogP contribution in [0.5, 0.6) is 11.5 Å². The standard InChI is InChI=1S/C15H14F3N.2C15H17N.C14H15N.C13H13NO.C7H21NOSi2.C7H9N.C2H5N5.5CH4/c1-9-3-5-12(10(2)7-9)13-6-4-11(19)8-14(13)15(16,17)18;1-10-4-6-14(11(2)8-10)15-7-5-13(16)9-12(15)3;1-10-4-5-13(8-11(10)2)14-6-7-15(16)12(3)9-14;1-11-2-4-12(5-3-11)10-13-6-8-14(15)9-7-13;1-10-2-6-12(7-3-10)15-13-8-4-11(14)5-9-13;1-6-10(2,3)9-11(4,5)7-8;1-6-2-4-7(8)5-3-6;3-1-5-2(4)7-6-1;;;;;/h3-8H,19H2,1-2H3;2*4-9H,16H2,1-3H3;2-9H,10,15H2,1H3;2-9H,14H2,1H3;6-8H2,1-5H3;2-5H,8H2,1H3;(H5,3,4,5,6,7);5*1H4. The number of ether oxygens (including phenoxy) is 1. The summed E-state index contributed by atoms with van der Waals surface area (Å²) in [7, 11) is -2.85. The molecule has 0 amide bonds. The molecule has 19 N–H and O–H groups in total. The minimum Gasteiger partial charge on any atom is -0.457 e. The second kappa shape index (κ2) is 47.9. The van der Waals surface area contributed by atoms with Crippen LogP contribution >= 0.6 is 0 Å². The van der Waals surface area contributed by atoms with Gasteiger partial charge in [-0.1, -0.05) is 205 Å². The summed E-state index contributed by atoms with van der Waals surface area (Å²) >= 11 is 0. The highest BCUT2D eigenvalue weighted by Gasteiger charge is 2.34. The number of H-pyrrole nitrogens is 1. The molecule has 14 nitrogen and oxygen atoms in total. The molecule has 0 aliphatic rings. The summed E-state index contributed by atoms with van der Waals surface area (Å²) in [6, 6.07) is 75.6. The number of nitrogens with one attached hydrogen (secondary N) is 1. The average molecular weight is 1560 g/mol. The lowest BCUT2D eigenvalue weighted by Gasteiger charge is -2.32. The van der Waals surface area contributed by atoms with Crippen molar-refractivity contribution < 1.29 is 22.0 Å². The predicted octanol–water partition coefficient (Wildman–Crippen LogP) is 24.5. The number of nitrogens with two attached hydrogens (primary N) is 9. The molecule has 0 spiro atoms. The van der Waals surface area contributed by atoms with Gasteiger partial charge in [0.1, 0.15) is 11.5 Å². The molecule has 0 aliphatic carbocycles. The van der Waals surface area contributed by atoms with Gasteiger partial charge in [0.05, 0.1) is 5.56 Å². The third-order valence-corrected chi connectivity index (χ3v) is 24.3. The highest BCUT2D eigenvalue weighted by atomic mass is 28.4. The predicted molar refractivity (Wildman–Crippen MR) is 489 cm³/mol. The van der Waals surface area contributed by atoms with Gasteiger partial charge in [-0.2, -0.15) is 18.2 Å². The topological polar surface area (TPSA) is 294 Å². The third kappa shape index (κ3) is 35.3. The van der Waals surface area contributed by atoms with Crippen molar-refractivity contribution in [3.63, 3.8) is 0 Å². The number of aromatic amines is 1. The van der Waals surface area contributed by atoms with Gasteiger partial charge in [0, 0.05) is 40.3 Å². The van der Waals surface area contributed by atoms with Crippen LogP contribution in [0.3, 0.4) is 0 Å². The lowest BCUT2D eigenvalue weighted by atomic mass is 9.94. The molecule has 0 bridgehead atoms. The first-order chi connectivity index (χ1) is 50.3. The normalized spacial score (nSPS) is 10.2. The molecule has 11 aromatic carbocycles. The van der Waals surface area contributed by atoms with Gasteiger partial charge in [0.25, 0.3) is 0 Å². The van der Waals surface area contributed by atoms with Crippen LogP contribution in [0, 0.1) is 76.2 Å². The van der Waals surface area contributed by atoms with Crippen molar-refractivity contribution in [1.82, 2.24) is 15.2 Å². The SMILES string of the molecule is C.C.C.C.C.CC[Si](C)(C)O[Si](C)(C)CN.Cc1ccc(-c2ccc(N)c(C)c2)cc1C.Cc1ccc(-c2ccc(N)cc2C(F)(F)F)c(C)c1.Cc1ccc(-c2ccc(N)cc2C)c(C)c1.Cc1ccc(Cc2ccc(N)cc2)cc1.Cc1ccc(N)cc1.Cc1ccc(Oc2ccc(N)cc2)cc1.Nc1n[nH]c(N)n1. The van der Waals surface area contributed by atoms with Gasteiger partial charge < -0.3 is 60.5 Å². The molecule has 604 valence electrons. The number of benzene rings is 11. The molecule has 12 rings (SSSR count).